The van der Waals surface area contributed by atoms with E-state index in [0.717, 1.165) is 37.3 Å². The van der Waals surface area contributed by atoms with Crippen LogP contribution in [0.4, 0.5) is 5.82 Å². The molecule has 0 saturated carbocycles. The van der Waals surface area contributed by atoms with Crippen LogP contribution in [0.5, 0.6) is 11.5 Å². The van der Waals surface area contributed by atoms with Crippen LogP contribution in [0.15, 0.2) is 24.3 Å². The molecular weight excluding hydrogens is 356 g/mol. The Morgan fingerprint density at radius 3 is 2.32 bits per heavy atom. The van der Waals surface area contributed by atoms with Crippen molar-refractivity contribution in [3.8, 4) is 11.5 Å². The van der Waals surface area contributed by atoms with Crippen LogP contribution in [0.1, 0.15) is 48.6 Å². The van der Waals surface area contributed by atoms with E-state index >= 15 is 0 Å². The molecule has 0 fully saturated rings. The predicted octanol–water partition coefficient (Wildman–Crippen LogP) is 3.36. The average Bonchev–Trinajstić information content (AvgIpc) is 2.71. The fourth-order valence-electron chi connectivity index (χ4n) is 2.97. The predicted molar refractivity (Wildman–Crippen MR) is 110 cm³/mol. The molecular formula is C21H30N4O3. The van der Waals surface area contributed by atoms with Gasteiger partial charge in [0.05, 0.1) is 14.2 Å². The van der Waals surface area contributed by atoms with E-state index in [1.807, 2.05) is 25.1 Å². The summed E-state index contributed by atoms with van der Waals surface area (Å²) in [6, 6.07) is 7.32. The number of carbonyl (C=O) groups excluding carboxylic acids is 1. The first kappa shape index (κ1) is 21.5. The largest absolute Gasteiger partial charge is 0.493 e. The summed E-state index contributed by atoms with van der Waals surface area (Å²) in [5, 5.41) is 2.92. The van der Waals surface area contributed by atoms with Gasteiger partial charge in [-0.05, 0) is 37.5 Å². The van der Waals surface area contributed by atoms with Gasteiger partial charge in [-0.3, -0.25) is 4.79 Å². The molecule has 7 heteroatoms. The second-order valence-corrected chi connectivity index (χ2v) is 6.52. The lowest BCUT2D eigenvalue weighted by Crippen LogP contribution is -2.28. The lowest BCUT2D eigenvalue weighted by Gasteiger charge is -2.23. The van der Waals surface area contributed by atoms with E-state index in [1.54, 1.807) is 20.3 Å². The Hall–Kier alpha value is -2.83. The van der Waals surface area contributed by atoms with E-state index in [9.17, 15) is 4.79 Å². The number of nitrogens with one attached hydrogen (secondary N) is 1. The third kappa shape index (κ3) is 5.58. The lowest BCUT2D eigenvalue weighted by atomic mass is 10.2. The molecule has 0 bridgehead atoms. The maximum atomic E-state index is 12.7. The van der Waals surface area contributed by atoms with Crippen LogP contribution in [-0.4, -0.2) is 43.2 Å². The summed E-state index contributed by atoms with van der Waals surface area (Å²) < 4.78 is 10.5. The van der Waals surface area contributed by atoms with Crippen LogP contribution in [-0.2, 0) is 6.54 Å². The molecule has 0 unspecified atom stereocenters. The summed E-state index contributed by atoms with van der Waals surface area (Å²) in [7, 11) is 3.18. The molecule has 0 atom stereocenters. The molecule has 0 radical (unpaired) electrons. The summed E-state index contributed by atoms with van der Waals surface area (Å²) in [5.41, 5.74) is 1.29. The first-order valence-corrected chi connectivity index (χ1v) is 9.62. The first-order valence-electron chi connectivity index (χ1n) is 9.62. The van der Waals surface area contributed by atoms with E-state index in [0.29, 0.717) is 29.6 Å². The number of hydrogen-bond acceptors (Lipinski definition) is 6. The van der Waals surface area contributed by atoms with Gasteiger partial charge in [0.25, 0.3) is 5.91 Å². The van der Waals surface area contributed by atoms with Crippen LogP contribution in [0, 0.1) is 6.92 Å². The Labute approximate surface area is 167 Å². The number of anilines is 1. The number of benzene rings is 1. The van der Waals surface area contributed by atoms with Crippen molar-refractivity contribution >= 4 is 11.7 Å². The molecule has 2 rings (SSSR count). The highest BCUT2D eigenvalue weighted by Crippen LogP contribution is 2.27. The molecule has 0 saturated heterocycles. The number of carbonyl (C=O) groups is 1. The SMILES string of the molecule is CCCN(CCC)c1cc(C(=O)NCc2ccc(OC)c(OC)c2)nc(C)n1. The number of nitrogens with zero attached hydrogens (tertiary/aromatic N) is 3. The molecule has 1 aromatic carbocycles. The van der Waals surface area contributed by atoms with Crippen molar-refractivity contribution in [3.05, 3.63) is 41.3 Å². The van der Waals surface area contributed by atoms with E-state index in [4.69, 9.17) is 9.47 Å². The third-order valence-electron chi connectivity index (χ3n) is 4.27. The van der Waals surface area contributed by atoms with Crippen LogP contribution in [0.2, 0.25) is 0 Å². The molecule has 1 amide bonds. The van der Waals surface area contributed by atoms with Crippen molar-refractivity contribution in [2.45, 2.75) is 40.2 Å². The van der Waals surface area contributed by atoms with E-state index < -0.39 is 0 Å². The monoisotopic (exact) mass is 386 g/mol. The first-order chi connectivity index (χ1) is 13.5. The topological polar surface area (TPSA) is 76.6 Å². The number of amides is 1. The second-order valence-electron chi connectivity index (χ2n) is 6.52. The van der Waals surface area contributed by atoms with Gasteiger partial charge in [-0.25, -0.2) is 9.97 Å². The minimum Gasteiger partial charge on any atom is -0.493 e. The molecule has 7 nitrogen and oxygen atoms in total. The van der Waals surface area contributed by atoms with Gasteiger partial charge >= 0.3 is 0 Å². The highest BCUT2D eigenvalue weighted by Gasteiger charge is 2.14. The van der Waals surface area contributed by atoms with Gasteiger partial charge < -0.3 is 19.7 Å². The molecule has 1 heterocycles. The number of aromatic nitrogens is 2. The Morgan fingerprint density at radius 2 is 1.71 bits per heavy atom. The fourth-order valence-corrected chi connectivity index (χ4v) is 2.97. The average molecular weight is 386 g/mol. The van der Waals surface area contributed by atoms with Crippen molar-refractivity contribution in [2.75, 3.05) is 32.2 Å². The molecule has 28 heavy (non-hydrogen) atoms. The van der Waals surface area contributed by atoms with Gasteiger partial charge in [0.1, 0.15) is 17.3 Å². The molecule has 0 aliphatic rings. The van der Waals surface area contributed by atoms with Crippen molar-refractivity contribution in [1.29, 1.82) is 0 Å². The molecule has 0 spiro atoms. The molecule has 1 aromatic heterocycles. The Balaban J connectivity index is 2.13. The summed E-state index contributed by atoms with van der Waals surface area (Å²) in [6.07, 6.45) is 2.04. The minimum absolute atomic E-state index is 0.227. The summed E-state index contributed by atoms with van der Waals surface area (Å²) >= 11 is 0. The summed E-state index contributed by atoms with van der Waals surface area (Å²) in [5.74, 6) is 2.44. The number of methoxy groups -OCH3 is 2. The van der Waals surface area contributed by atoms with E-state index in [2.05, 4.69) is 34.0 Å². The number of rotatable bonds is 10. The van der Waals surface area contributed by atoms with Crippen LogP contribution < -0.4 is 19.7 Å². The second kappa shape index (κ2) is 10.5. The normalized spacial score (nSPS) is 10.5. The van der Waals surface area contributed by atoms with Crippen LogP contribution in [0.3, 0.4) is 0 Å². The van der Waals surface area contributed by atoms with Gasteiger partial charge in [0.2, 0.25) is 0 Å². The highest BCUT2D eigenvalue weighted by atomic mass is 16.5. The zero-order chi connectivity index (χ0) is 20.5. The number of ether oxygens (including phenoxy) is 2. The number of aryl methyl sites for hydroxylation is 1. The minimum atomic E-state index is -0.227. The van der Waals surface area contributed by atoms with Crippen molar-refractivity contribution in [1.82, 2.24) is 15.3 Å². The lowest BCUT2D eigenvalue weighted by molar-refractivity contribution is 0.0945. The maximum Gasteiger partial charge on any atom is 0.270 e. The standard InChI is InChI=1S/C21H30N4O3/c1-6-10-25(11-7-2)20-13-17(23-15(3)24-20)21(26)22-14-16-8-9-18(27-4)19(12-16)28-5/h8-9,12-13H,6-7,10-11,14H2,1-5H3,(H,22,26). The van der Waals surface area contributed by atoms with Crippen molar-refractivity contribution in [2.24, 2.45) is 0 Å². The number of hydrogen-bond donors (Lipinski definition) is 1. The molecule has 0 aliphatic heterocycles. The Bertz CT molecular complexity index is 789. The van der Waals surface area contributed by atoms with Gasteiger partial charge in [-0.15, -0.1) is 0 Å². The van der Waals surface area contributed by atoms with Crippen LogP contribution in [0.25, 0.3) is 0 Å². The van der Waals surface area contributed by atoms with Gasteiger partial charge in [0, 0.05) is 25.7 Å². The van der Waals surface area contributed by atoms with Gasteiger partial charge in [0.15, 0.2) is 11.5 Å². The maximum absolute atomic E-state index is 12.7. The molecule has 2 aromatic rings. The van der Waals surface area contributed by atoms with E-state index in [1.165, 1.54) is 0 Å². The summed E-state index contributed by atoms with van der Waals surface area (Å²) in [6.45, 7) is 8.24. The zero-order valence-electron chi connectivity index (χ0n) is 17.4. The van der Waals surface area contributed by atoms with Gasteiger partial charge in [-0.2, -0.15) is 0 Å². The molecule has 1 N–H and O–H groups in total. The Kier molecular flexibility index (Phi) is 8.04. The molecule has 0 aliphatic carbocycles. The zero-order valence-corrected chi connectivity index (χ0v) is 17.4. The summed E-state index contributed by atoms with van der Waals surface area (Å²) in [4.78, 5) is 23.7. The van der Waals surface area contributed by atoms with Crippen molar-refractivity contribution in [3.63, 3.8) is 0 Å². The highest BCUT2D eigenvalue weighted by molar-refractivity contribution is 5.92. The third-order valence-corrected chi connectivity index (χ3v) is 4.27. The van der Waals surface area contributed by atoms with E-state index in [-0.39, 0.29) is 5.91 Å². The molecule has 152 valence electrons. The van der Waals surface area contributed by atoms with Crippen molar-refractivity contribution < 1.29 is 14.3 Å². The quantitative estimate of drug-likeness (QED) is 0.675. The smallest absolute Gasteiger partial charge is 0.270 e. The fraction of sp³-hybridized carbons (Fsp3) is 0.476. The van der Waals surface area contributed by atoms with Gasteiger partial charge in [-0.1, -0.05) is 19.9 Å². The van der Waals surface area contributed by atoms with Crippen LogP contribution >= 0.6 is 0 Å². The Morgan fingerprint density at radius 1 is 1.04 bits per heavy atom.